The van der Waals surface area contributed by atoms with Crippen LogP contribution < -0.4 is 27.0 Å². The van der Waals surface area contributed by atoms with E-state index in [0.717, 1.165) is 16.7 Å². The van der Waals surface area contributed by atoms with Gasteiger partial charge >= 0.3 is 6.09 Å². The van der Waals surface area contributed by atoms with Gasteiger partial charge in [-0.1, -0.05) is 91.0 Å². The second kappa shape index (κ2) is 17.6. The molecule has 2 atom stereocenters. The number of hydrogen-bond donors (Lipinski definition) is 5. The Kier molecular flexibility index (Phi) is 13.6. The smallest absolute Gasteiger partial charge is 0.407 e. The maximum atomic E-state index is 13.9. The Labute approximate surface area is 265 Å². The van der Waals surface area contributed by atoms with Gasteiger partial charge in [-0.05, 0) is 56.7 Å². The summed E-state index contributed by atoms with van der Waals surface area (Å²) >= 11 is 0. The molecule has 3 aromatic carbocycles. The molecule has 0 fully saturated rings. The Morgan fingerprint density at radius 2 is 1.24 bits per heavy atom. The Balaban J connectivity index is 1.74. The van der Waals surface area contributed by atoms with Gasteiger partial charge in [0.2, 0.25) is 17.7 Å². The first-order valence-corrected chi connectivity index (χ1v) is 15.3. The van der Waals surface area contributed by atoms with Crippen LogP contribution in [-0.2, 0) is 25.5 Å². The zero-order valence-electron chi connectivity index (χ0n) is 26.3. The number of amides is 4. The fraction of sp³-hybridized carbons (Fsp3) is 0.371. The summed E-state index contributed by atoms with van der Waals surface area (Å²) in [6.45, 7) is 5.40. The minimum absolute atomic E-state index is 0.242. The molecule has 45 heavy (non-hydrogen) atoms. The third kappa shape index (κ3) is 12.4. The maximum Gasteiger partial charge on any atom is 0.407 e. The molecule has 0 aliphatic rings. The highest BCUT2D eigenvalue weighted by molar-refractivity contribution is 5.92. The molecule has 0 aliphatic carbocycles. The molecule has 0 saturated heterocycles. The fourth-order valence-corrected chi connectivity index (χ4v) is 4.72. The lowest BCUT2D eigenvalue weighted by molar-refractivity contribution is -0.132. The van der Waals surface area contributed by atoms with Gasteiger partial charge in [0, 0.05) is 13.0 Å². The van der Waals surface area contributed by atoms with Gasteiger partial charge in [0.1, 0.15) is 17.7 Å². The monoisotopic (exact) mass is 615 g/mol. The average molecular weight is 616 g/mol. The SMILES string of the molecule is CC(C)(C)OC(=O)NCCCC[C@H](NC(=O)CN)C(=O)N[C@@H](Cc1ccccc1)C(=O)NC(c1ccccc1)c1ccccc1. The second-order valence-corrected chi connectivity index (χ2v) is 11.8. The highest BCUT2D eigenvalue weighted by atomic mass is 16.6. The van der Waals surface area contributed by atoms with E-state index in [0.29, 0.717) is 19.4 Å². The first-order chi connectivity index (χ1) is 21.6. The Morgan fingerprint density at radius 1 is 0.711 bits per heavy atom. The molecule has 0 aliphatic heterocycles. The van der Waals surface area contributed by atoms with Crippen LogP contribution in [0.4, 0.5) is 4.79 Å². The number of hydrogen-bond acceptors (Lipinski definition) is 6. The van der Waals surface area contributed by atoms with Crippen molar-refractivity contribution in [2.75, 3.05) is 13.1 Å². The average Bonchev–Trinajstić information content (AvgIpc) is 3.02. The molecule has 240 valence electrons. The van der Waals surface area contributed by atoms with Crippen LogP contribution in [0.25, 0.3) is 0 Å². The van der Waals surface area contributed by atoms with Crippen LogP contribution in [0.2, 0.25) is 0 Å². The molecular weight excluding hydrogens is 570 g/mol. The third-order valence-corrected chi connectivity index (χ3v) is 6.89. The van der Waals surface area contributed by atoms with Crippen molar-refractivity contribution < 1.29 is 23.9 Å². The largest absolute Gasteiger partial charge is 0.444 e. The number of ether oxygens (including phenoxy) is 1. The molecule has 10 heteroatoms. The van der Waals surface area contributed by atoms with Gasteiger partial charge in [-0.25, -0.2) is 4.79 Å². The number of carbonyl (C=O) groups excluding carboxylic acids is 4. The van der Waals surface area contributed by atoms with Crippen molar-refractivity contribution in [3.63, 3.8) is 0 Å². The minimum Gasteiger partial charge on any atom is -0.444 e. The van der Waals surface area contributed by atoms with Gasteiger partial charge in [0.15, 0.2) is 0 Å². The van der Waals surface area contributed by atoms with Crippen LogP contribution in [0.5, 0.6) is 0 Å². The lowest BCUT2D eigenvalue weighted by Gasteiger charge is -2.26. The van der Waals surface area contributed by atoms with E-state index >= 15 is 0 Å². The van der Waals surface area contributed by atoms with Crippen molar-refractivity contribution in [1.29, 1.82) is 0 Å². The Bertz CT molecular complexity index is 1320. The third-order valence-electron chi connectivity index (χ3n) is 6.89. The molecule has 0 aromatic heterocycles. The van der Waals surface area contributed by atoms with Crippen LogP contribution in [0.3, 0.4) is 0 Å². The van der Waals surface area contributed by atoms with E-state index in [1.165, 1.54) is 0 Å². The summed E-state index contributed by atoms with van der Waals surface area (Å²) in [6.07, 6.45) is 1.06. The molecule has 3 rings (SSSR count). The second-order valence-electron chi connectivity index (χ2n) is 11.8. The summed E-state index contributed by atoms with van der Waals surface area (Å²) in [7, 11) is 0. The van der Waals surface area contributed by atoms with E-state index in [4.69, 9.17) is 10.5 Å². The van der Waals surface area contributed by atoms with Crippen molar-refractivity contribution in [2.24, 2.45) is 5.73 Å². The van der Waals surface area contributed by atoms with Crippen LogP contribution in [0, 0.1) is 0 Å². The molecule has 10 nitrogen and oxygen atoms in total. The Morgan fingerprint density at radius 3 is 1.78 bits per heavy atom. The van der Waals surface area contributed by atoms with Gasteiger partial charge in [-0.15, -0.1) is 0 Å². The van der Waals surface area contributed by atoms with Crippen LogP contribution in [0.15, 0.2) is 91.0 Å². The minimum atomic E-state index is -0.930. The normalized spacial score (nSPS) is 12.5. The quantitative estimate of drug-likeness (QED) is 0.164. The summed E-state index contributed by atoms with van der Waals surface area (Å²) in [6, 6.07) is 26.4. The lowest BCUT2D eigenvalue weighted by Crippen LogP contribution is -2.55. The summed E-state index contributed by atoms with van der Waals surface area (Å²) in [5.74, 6) is -1.35. The number of benzene rings is 3. The zero-order valence-corrected chi connectivity index (χ0v) is 26.3. The first-order valence-electron chi connectivity index (χ1n) is 15.3. The molecule has 0 heterocycles. The molecule has 0 bridgehead atoms. The molecule has 0 spiro atoms. The molecule has 0 saturated carbocycles. The predicted octanol–water partition coefficient (Wildman–Crippen LogP) is 3.76. The first kappa shape index (κ1) is 34.8. The summed E-state index contributed by atoms with van der Waals surface area (Å²) < 4.78 is 5.25. The fourth-order valence-electron chi connectivity index (χ4n) is 4.72. The highest BCUT2D eigenvalue weighted by Gasteiger charge is 2.29. The van der Waals surface area contributed by atoms with Crippen LogP contribution >= 0.6 is 0 Å². The van der Waals surface area contributed by atoms with Gasteiger partial charge in [-0.2, -0.15) is 0 Å². The van der Waals surface area contributed by atoms with E-state index in [9.17, 15) is 19.2 Å². The van der Waals surface area contributed by atoms with E-state index in [-0.39, 0.29) is 25.3 Å². The maximum absolute atomic E-state index is 13.9. The highest BCUT2D eigenvalue weighted by Crippen LogP contribution is 2.22. The summed E-state index contributed by atoms with van der Waals surface area (Å²) in [5.41, 5.74) is 7.58. The number of nitrogens with two attached hydrogens (primary N) is 1. The van der Waals surface area contributed by atoms with Gasteiger partial charge < -0.3 is 31.7 Å². The standard InChI is InChI=1S/C35H45N5O5/c1-35(2,3)45-34(44)37-22-14-13-21-28(38-30(41)24-36)32(42)39-29(23-25-15-7-4-8-16-25)33(43)40-31(26-17-9-5-10-18-26)27-19-11-6-12-20-27/h4-12,15-20,28-29,31H,13-14,21-24,36H2,1-3H3,(H,37,44)(H,38,41)(H,39,42)(H,40,43)/t28-,29-/m0/s1. The lowest BCUT2D eigenvalue weighted by atomic mass is 9.97. The number of unbranched alkanes of at least 4 members (excludes halogenated alkanes) is 1. The van der Waals surface area contributed by atoms with Crippen molar-refractivity contribution >= 4 is 23.8 Å². The van der Waals surface area contributed by atoms with E-state index < -0.39 is 41.6 Å². The van der Waals surface area contributed by atoms with Crippen molar-refractivity contribution in [1.82, 2.24) is 21.3 Å². The van der Waals surface area contributed by atoms with E-state index in [2.05, 4.69) is 21.3 Å². The summed E-state index contributed by atoms with van der Waals surface area (Å²) in [4.78, 5) is 51.7. The summed E-state index contributed by atoms with van der Waals surface area (Å²) in [5, 5.41) is 11.4. The number of nitrogens with one attached hydrogen (secondary N) is 4. The molecule has 0 radical (unpaired) electrons. The number of alkyl carbamates (subject to hydrolysis) is 1. The molecule has 3 aromatic rings. The molecule has 6 N–H and O–H groups in total. The zero-order chi connectivity index (χ0) is 32.7. The molecule has 0 unspecified atom stereocenters. The van der Waals surface area contributed by atoms with Crippen molar-refractivity contribution in [3.8, 4) is 0 Å². The molecule has 4 amide bonds. The molecular formula is C35H45N5O5. The van der Waals surface area contributed by atoms with Crippen LogP contribution in [0.1, 0.15) is 62.8 Å². The van der Waals surface area contributed by atoms with Gasteiger partial charge in [-0.3, -0.25) is 14.4 Å². The van der Waals surface area contributed by atoms with Gasteiger partial charge in [0.25, 0.3) is 0 Å². The van der Waals surface area contributed by atoms with Crippen molar-refractivity contribution in [3.05, 3.63) is 108 Å². The van der Waals surface area contributed by atoms with E-state index in [1.807, 2.05) is 91.0 Å². The Hall–Kier alpha value is -4.70. The number of rotatable bonds is 15. The van der Waals surface area contributed by atoms with Crippen molar-refractivity contribution in [2.45, 2.75) is 70.2 Å². The predicted molar refractivity (Wildman–Crippen MR) is 174 cm³/mol. The van der Waals surface area contributed by atoms with Gasteiger partial charge in [0.05, 0.1) is 12.6 Å². The number of carbonyl (C=O) groups is 4. The van der Waals surface area contributed by atoms with Crippen LogP contribution in [-0.4, -0.2) is 54.6 Å². The topological polar surface area (TPSA) is 152 Å². The van der Waals surface area contributed by atoms with E-state index in [1.54, 1.807) is 20.8 Å².